The van der Waals surface area contributed by atoms with Crippen LogP contribution < -0.4 is 0 Å². The van der Waals surface area contributed by atoms with E-state index >= 15 is 0 Å². The van der Waals surface area contributed by atoms with Gasteiger partial charge in [0.25, 0.3) is 0 Å². The Morgan fingerprint density at radius 2 is 1.73 bits per heavy atom. The molecule has 15 heavy (non-hydrogen) atoms. The van der Waals surface area contributed by atoms with Gasteiger partial charge in [-0.25, -0.2) is 0 Å². The van der Waals surface area contributed by atoms with Crippen LogP contribution in [0.4, 0.5) is 0 Å². The van der Waals surface area contributed by atoms with Gasteiger partial charge in [0.1, 0.15) is 0 Å². The summed E-state index contributed by atoms with van der Waals surface area (Å²) in [6.07, 6.45) is 0.789. The number of hydrogen-bond donors (Lipinski definition) is 0. The van der Waals surface area contributed by atoms with Crippen LogP contribution in [-0.4, -0.2) is 30.0 Å². The van der Waals surface area contributed by atoms with Crippen molar-refractivity contribution in [3.8, 4) is 0 Å². The predicted molar refractivity (Wildman–Crippen MR) is 58.7 cm³/mol. The van der Waals surface area contributed by atoms with Gasteiger partial charge < -0.3 is 14.1 Å². The first kappa shape index (κ1) is 11.0. The molecule has 0 aliphatic carbocycles. The molecule has 5 heteroatoms. The van der Waals surface area contributed by atoms with Gasteiger partial charge in [0, 0.05) is 6.42 Å². The van der Waals surface area contributed by atoms with Gasteiger partial charge in [-0.05, 0) is 34.6 Å². The molecule has 0 radical (unpaired) electrons. The standard InChI is InChI=1S/C10H18BNO3/c1-7-6-8(13-12-7)11-14-9(2,3)10(4,5)15-11/h8H,6H2,1-5H3. The number of rotatable bonds is 1. The van der Waals surface area contributed by atoms with Crippen molar-refractivity contribution in [2.75, 3.05) is 0 Å². The topological polar surface area (TPSA) is 40.0 Å². The highest BCUT2D eigenvalue weighted by Gasteiger charge is 2.55. The first-order valence-corrected chi connectivity index (χ1v) is 5.37. The average molecular weight is 211 g/mol. The first-order chi connectivity index (χ1) is 6.82. The van der Waals surface area contributed by atoms with E-state index in [0.717, 1.165) is 12.1 Å². The normalized spacial score (nSPS) is 32.7. The molecule has 0 aromatic rings. The van der Waals surface area contributed by atoms with Crippen molar-refractivity contribution in [3.05, 3.63) is 0 Å². The Labute approximate surface area is 91.1 Å². The maximum absolute atomic E-state index is 5.88. The van der Waals surface area contributed by atoms with Crippen LogP contribution in [-0.2, 0) is 14.1 Å². The van der Waals surface area contributed by atoms with E-state index in [0.29, 0.717) is 0 Å². The molecule has 2 aliphatic heterocycles. The number of oxime groups is 1. The van der Waals surface area contributed by atoms with Crippen LogP contribution in [0.15, 0.2) is 5.16 Å². The summed E-state index contributed by atoms with van der Waals surface area (Å²) in [6, 6.07) is -0.0916. The second kappa shape index (κ2) is 3.22. The number of hydrogen-bond acceptors (Lipinski definition) is 4. The van der Waals surface area contributed by atoms with Crippen LogP contribution in [0.25, 0.3) is 0 Å². The molecule has 2 rings (SSSR count). The zero-order chi connectivity index (χ0) is 11.3. The van der Waals surface area contributed by atoms with Gasteiger partial charge in [0.2, 0.25) is 0 Å². The van der Waals surface area contributed by atoms with Crippen LogP contribution in [0.3, 0.4) is 0 Å². The van der Waals surface area contributed by atoms with Gasteiger partial charge in [-0.15, -0.1) is 0 Å². The predicted octanol–water partition coefficient (Wildman–Crippen LogP) is 1.78. The molecule has 1 fully saturated rings. The quantitative estimate of drug-likeness (QED) is 0.620. The lowest BCUT2D eigenvalue weighted by Crippen LogP contribution is -2.41. The highest BCUT2D eigenvalue weighted by molar-refractivity contribution is 6.47. The smallest absolute Gasteiger partial charge is 0.401 e. The van der Waals surface area contributed by atoms with Crippen LogP contribution in [0.1, 0.15) is 41.0 Å². The maximum atomic E-state index is 5.88. The fourth-order valence-corrected chi connectivity index (χ4v) is 1.71. The molecule has 2 heterocycles. The summed E-state index contributed by atoms with van der Waals surface area (Å²) in [5, 5.41) is 3.91. The minimum Gasteiger partial charge on any atom is -0.401 e. The Bertz CT molecular complexity index is 285. The molecule has 0 amide bonds. The monoisotopic (exact) mass is 211 g/mol. The molecular formula is C10H18BNO3. The summed E-state index contributed by atoms with van der Waals surface area (Å²) in [4.78, 5) is 5.27. The van der Waals surface area contributed by atoms with E-state index in [1.54, 1.807) is 0 Å². The zero-order valence-corrected chi connectivity index (χ0v) is 10.0. The van der Waals surface area contributed by atoms with Crippen molar-refractivity contribution in [1.82, 2.24) is 0 Å². The second-order valence-corrected chi connectivity index (χ2v) is 5.30. The zero-order valence-electron chi connectivity index (χ0n) is 10.0. The van der Waals surface area contributed by atoms with Crippen molar-refractivity contribution in [2.24, 2.45) is 5.16 Å². The van der Waals surface area contributed by atoms with Crippen LogP contribution in [0.2, 0.25) is 0 Å². The van der Waals surface area contributed by atoms with Gasteiger partial charge in [0.05, 0.1) is 16.9 Å². The lowest BCUT2D eigenvalue weighted by Gasteiger charge is -2.32. The summed E-state index contributed by atoms with van der Waals surface area (Å²) >= 11 is 0. The maximum Gasteiger partial charge on any atom is 0.505 e. The first-order valence-electron chi connectivity index (χ1n) is 5.37. The molecule has 0 saturated carbocycles. The third kappa shape index (κ3) is 1.78. The van der Waals surface area contributed by atoms with Crippen molar-refractivity contribution >= 4 is 12.8 Å². The Morgan fingerprint density at radius 3 is 2.13 bits per heavy atom. The molecular weight excluding hydrogens is 193 g/mol. The molecule has 2 aliphatic rings. The van der Waals surface area contributed by atoms with Crippen molar-refractivity contribution in [1.29, 1.82) is 0 Å². The molecule has 0 aromatic heterocycles. The highest BCUT2D eigenvalue weighted by atomic mass is 16.7. The van der Waals surface area contributed by atoms with E-state index < -0.39 is 0 Å². The van der Waals surface area contributed by atoms with Crippen LogP contribution >= 0.6 is 0 Å². The Morgan fingerprint density at radius 1 is 1.20 bits per heavy atom. The molecule has 0 aromatic carbocycles. The van der Waals surface area contributed by atoms with Crippen molar-refractivity contribution in [3.63, 3.8) is 0 Å². The highest BCUT2D eigenvalue weighted by Crippen LogP contribution is 2.38. The lowest BCUT2D eigenvalue weighted by atomic mass is 9.78. The minimum atomic E-state index is -0.309. The number of nitrogens with zero attached hydrogens (tertiary/aromatic N) is 1. The van der Waals surface area contributed by atoms with E-state index in [2.05, 4.69) is 5.16 Å². The minimum absolute atomic E-state index is 0.0916. The Balaban J connectivity index is 2.04. The molecule has 0 N–H and O–H groups in total. The molecule has 1 saturated heterocycles. The van der Waals surface area contributed by atoms with Gasteiger partial charge in [-0.2, -0.15) is 0 Å². The van der Waals surface area contributed by atoms with E-state index in [-0.39, 0.29) is 24.3 Å². The third-order valence-electron chi connectivity index (χ3n) is 3.42. The van der Waals surface area contributed by atoms with Gasteiger partial charge in [-0.1, -0.05) is 5.16 Å². The van der Waals surface area contributed by atoms with E-state index in [9.17, 15) is 0 Å². The fourth-order valence-electron chi connectivity index (χ4n) is 1.71. The fraction of sp³-hybridized carbons (Fsp3) is 0.900. The lowest BCUT2D eigenvalue weighted by molar-refractivity contribution is 0.00578. The largest absolute Gasteiger partial charge is 0.505 e. The molecule has 0 spiro atoms. The van der Waals surface area contributed by atoms with Crippen LogP contribution in [0.5, 0.6) is 0 Å². The molecule has 1 unspecified atom stereocenters. The average Bonchev–Trinajstić information content (AvgIpc) is 2.56. The summed E-state index contributed by atoms with van der Waals surface area (Å²) in [6.45, 7) is 10.1. The SMILES string of the molecule is CC1=NOC(B2OC(C)(C)C(C)(C)O2)C1. The molecule has 4 nitrogen and oxygen atoms in total. The molecule has 0 bridgehead atoms. The molecule has 1 atom stereocenters. The van der Waals surface area contributed by atoms with E-state index in [4.69, 9.17) is 14.1 Å². The van der Waals surface area contributed by atoms with Gasteiger partial charge >= 0.3 is 7.12 Å². The summed E-state index contributed by atoms with van der Waals surface area (Å²) in [7, 11) is -0.309. The summed E-state index contributed by atoms with van der Waals surface area (Å²) in [5.74, 6) is 0. The summed E-state index contributed by atoms with van der Waals surface area (Å²) in [5.41, 5.74) is 0.407. The van der Waals surface area contributed by atoms with Crippen molar-refractivity contribution in [2.45, 2.75) is 58.2 Å². The summed E-state index contributed by atoms with van der Waals surface area (Å²) < 4.78 is 11.8. The van der Waals surface area contributed by atoms with Crippen molar-refractivity contribution < 1.29 is 14.1 Å². The van der Waals surface area contributed by atoms with Crippen LogP contribution in [0, 0.1) is 0 Å². The van der Waals surface area contributed by atoms with Gasteiger partial charge in [-0.3, -0.25) is 0 Å². The molecule has 84 valence electrons. The Hall–Kier alpha value is -0.545. The van der Waals surface area contributed by atoms with E-state index in [1.165, 1.54) is 0 Å². The third-order valence-corrected chi connectivity index (χ3v) is 3.42. The second-order valence-electron chi connectivity index (χ2n) is 5.30. The Kier molecular flexibility index (Phi) is 2.35. The van der Waals surface area contributed by atoms with Gasteiger partial charge in [0.15, 0.2) is 6.00 Å². The van der Waals surface area contributed by atoms with E-state index in [1.807, 2.05) is 34.6 Å².